The molecule has 2 amide bonds. The van der Waals surface area contributed by atoms with E-state index in [1.165, 1.54) is 10.5 Å². The van der Waals surface area contributed by atoms with Crippen molar-refractivity contribution in [1.82, 2.24) is 5.32 Å². The van der Waals surface area contributed by atoms with Crippen molar-refractivity contribution in [2.24, 2.45) is 0 Å². The van der Waals surface area contributed by atoms with Gasteiger partial charge in [0.15, 0.2) is 6.10 Å². The Hall–Kier alpha value is -2.57. The number of carbonyl (C=O) groups excluding carboxylic acids is 2. The number of rotatable bonds is 5. The standard InChI is InChI=1S/C22H24ClN3O3/c23-16-7-5-15(6-8-16)14-26-11-9-17(10-12-26)24-21(27)13-20-22(28)25-18-3-1-2-4-19(18)29-20/h1-8,17,20H,9-14H2,(H,24,27)(H,25,28)/p+1/t20-/m1/s1. The Bertz CT molecular complexity index is 879. The van der Waals surface area contributed by atoms with Crippen molar-refractivity contribution < 1.29 is 19.2 Å². The van der Waals surface area contributed by atoms with Gasteiger partial charge < -0.3 is 20.3 Å². The highest BCUT2D eigenvalue weighted by Crippen LogP contribution is 2.29. The molecular formula is C22H25ClN3O3+. The van der Waals surface area contributed by atoms with E-state index in [2.05, 4.69) is 22.8 Å². The number of halogens is 1. The summed E-state index contributed by atoms with van der Waals surface area (Å²) in [7, 11) is 0. The molecule has 0 unspecified atom stereocenters. The summed E-state index contributed by atoms with van der Waals surface area (Å²) in [5.74, 6) is 0.181. The predicted molar refractivity (Wildman–Crippen MR) is 111 cm³/mol. The van der Waals surface area contributed by atoms with Crippen molar-refractivity contribution in [3.8, 4) is 5.75 Å². The maximum atomic E-state index is 12.5. The van der Waals surface area contributed by atoms with Gasteiger partial charge in [0.1, 0.15) is 12.3 Å². The number of fused-ring (bicyclic) bond motifs is 1. The van der Waals surface area contributed by atoms with E-state index < -0.39 is 6.10 Å². The topological polar surface area (TPSA) is 71.9 Å². The first-order valence-electron chi connectivity index (χ1n) is 10.0. The third kappa shape index (κ3) is 5.08. The van der Waals surface area contributed by atoms with Crippen molar-refractivity contribution in [3.05, 3.63) is 59.1 Å². The number of piperidine rings is 1. The van der Waals surface area contributed by atoms with Crippen LogP contribution in [-0.4, -0.2) is 37.0 Å². The minimum Gasteiger partial charge on any atom is -0.478 e. The van der Waals surface area contributed by atoms with Crippen LogP contribution in [0.25, 0.3) is 0 Å². The minimum atomic E-state index is -0.791. The molecule has 0 bridgehead atoms. The van der Waals surface area contributed by atoms with E-state index in [-0.39, 0.29) is 24.3 Å². The molecule has 1 atom stereocenters. The number of likely N-dealkylation sites (tertiary alicyclic amines) is 1. The SMILES string of the molecule is O=C(C[C@H]1Oc2ccccc2NC1=O)NC1CC[NH+](Cc2ccc(Cl)cc2)CC1. The van der Waals surface area contributed by atoms with Gasteiger partial charge in [0.2, 0.25) is 5.91 Å². The summed E-state index contributed by atoms with van der Waals surface area (Å²) in [6, 6.07) is 15.4. The smallest absolute Gasteiger partial charge is 0.266 e. The zero-order valence-electron chi connectivity index (χ0n) is 16.1. The molecule has 0 aromatic heterocycles. The van der Waals surface area contributed by atoms with Crippen LogP contribution in [0.3, 0.4) is 0 Å². The third-order valence-corrected chi connectivity index (χ3v) is 5.75. The third-order valence-electron chi connectivity index (χ3n) is 5.50. The number of carbonyl (C=O) groups is 2. The molecule has 0 saturated carbocycles. The van der Waals surface area contributed by atoms with Gasteiger partial charge in [-0.2, -0.15) is 0 Å². The van der Waals surface area contributed by atoms with Crippen LogP contribution in [-0.2, 0) is 16.1 Å². The van der Waals surface area contributed by atoms with Gasteiger partial charge >= 0.3 is 0 Å². The number of nitrogens with one attached hydrogen (secondary N) is 3. The number of quaternary nitrogens is 1. The number of hydrogen-bond acceptors (Lipinski definition) is 3. The normalized spacial score (nSPS) is 23.5. The Morgan fingerprint density at radius 1 is 1.14 bits per heavy atom. The van der Waals surface area contributed by atoms with Crippen molar-refractivity contribution in [1.29, 1.82) is 0 Å². The van der Waals surface area contributed by atoms with Crippen LogP contribution in [0.5, 0.6) is 5.75 Å². The van der Waals surface area contributed by atoms with Crippen LogP contribution >= 0.6 is 11.6 Å². The van der Waals surface area contributed by atoms with Gasteiger partial charge in [0, 0.05) is 29.5 Å². The molecule has 2 aromatic rings. The van der Waals surface area contributed by atoms with Crippen molar-refractivity contribution >= 4 is 29.1 Å². The molecule has 7 heteroatoms. The molecule has 6 nitrogen and oxygen atoms in total. The number of ether oxygens (including phenoxy) is 1. The van der Waals surface area contributed by atoms with Crippen molar-refractivity contribution in [2.75, 3.05) is 18.4 Å². The second kappa shape index (κ2) is 8.84. The Labute approximate surface area is 175 Å². The Morgan fingerprint density at radius 3 is 2.62 bits per heavy atom. The average molecular weight is 415 g/mol. The van der Waals surface area contributed by atoms with Crippen molar-refractivity contribution in [2.45, 2.75) is 38.0 Å². The fourth-order valence-corrected chi connectivity index (χ4v) is 4.05. The van der Waals surface area contributed by atoms with Crippen LogP contribution in [0.4, 0.5) is 5.69 Å². The molecule has 0 aliphatic carbocycles. The van der Waals surface area contributed by atoms with E-state index in [9.17, 15) is 9.59 Å². The number of hydrogen-bond donors (Lipinski definition) is 3. The van der Waals surface area contributed by atoms with E-state index in [4.69, 9.17) is 16.3 Å². The summed E-state index contributed by atoms with van der Waals surface area (Å²) in [4.78, 5) is 26.1. The van der Waals surface area contributed by atoms with Crippen LogP contribution in [0.1, 0.15) is 24.8 Å². The summed E-state index contributed by atoms with van der Waals surface area (Å²) in [5.41, 5.74) is 1.91. The molecule has 0 spiro atoms. The van der Waals surface area contributed by atoms with E-state index in [1.54, 1.807) is 12.1 Å². The lowest BCUT2D eigenvalue weighted by Gasteiger charge is -2.30. The van der Waals surface area contributed by atoms with Gasteiger partial charge in [-0.3, -0.25) is 9.59 Å². The first-order valence-corrected chi connectivity index (χ1v) is 10.4. The maximum Gasteiger partial charge on any atom is 0.266 e. The molecule has 2 heterocycles. The van der Waals surface area contributed by atoms with Crippen LogP contribution in [0.2, 0.25) is 5.02 Å². The molecule has 4 rings (SSSR count). The van der Waals surface area contributed by atoms with Crippen LogP contribution < -0.4 is 20.3 Å². The van der Waals surface area contributed by atoms with Gasteiger partial charge in [-0.1, -0.05) is 35.9 Å². The predicted octanol–water partition coefficient (Wildman–Crippen LogP) is 1.79. The Morgan fingerprint density at radius 2 is 1.86 bits per heavy atom. The van der Waals surface area contributed by atoms with E-state index in [1.807, 2.05) is 24.3 Å². The monoisotopic (exact) mass is 414 g/mol. The summed E-state index contributed by atoms with van der Waals surface area (Å²) in [5, 5.41) is 6.62. The zero-order chi connectivity index (χ0) is 20.2. The largest absolute Gasteiger partial charge is 0.478 e. The summed E-state index contributed by atoms with van der Waals surface area (Å²) < 4.78 is 5.71. The Balaban J connectivity index is 1.23. The first-order chi connectivity index (χ1) is 14.1. The lowest BCUT2D eigenvalue weighted by molar-refractivity contribution is -0.918. The fourth-order valence-electron chi connectivity index (χ4n) is 3.92. The molecule has 2 aliphatic rings. The van der Waals surface area contributed by atoms with Gasteiger partial charge in [-0.15, -0.1) is 0 Å². The van der Waals surface area contributed by atoms with E-state index >= 15 is 0 Å². The van der Waals surface area contributed by atoms with Crippen LogP contribution in [0, 0.1) is 0 Å². The highest BCUT2D eigenvalue weighted by Gasteiger charge is 2.31. The number of anilines is 1. The fraction of sp³-hybridized carbons (Fsp3) is 0.364. The molecule has 3 N–H and O–H groups in total. The summed E-state index contributed by atoms with van der Waals surface area (Å²) >= 11 is 5.94. The lowest BCUT2D eigenvalue weighted by atomic mass is 10.0. The molecule has 29 heavy (non-hydrogen) atoms. The molecule has 1 saturated heterocycles. The summed E-state index contributed by atoms with van der Waals surface area (Å²) in [6.45, 7) is 2.97. The molecule has 1 fully saturated rings. The summed E-state index contributed by atoms with van der Waals surface area (Å²) in [6.07, 6.45) is 1.09. The van der Waals surface area contributed by atoms with Gasteiger partial charge in [0.05, 0.1) is 25.2 Å². The molecule has 2 aromatic carbocycles. The quantitative estimate of drug-likeness (QED) is 0.698. The first kappa shape index (κ1) is 19.7. The second-order valence-corrected chi connectivity index (χ2v) is 8.13. The minimum absolute atomic E-state index is 0.0258. The Kier molecular flexibility index (Phi) is 6.02. The molecular weight excluding hydrogens is 390 g/mol. The zero-order valence-corrected chi connectivity index (χ0v) is 16.9. The lowest BCUT2D eigenvalue weighted by Crippen LogP contribution is -3.12. The molecule has 152 valence electrons. The molecule has 2 aliphatic heterocycles. The molecule has 0 radical (unpaired) electrons. The van der Waals surface area contributed by atoms with Crippen molar-refractivity contribution in [3.63, 3.8) is 0 Å². The van der Waals surface area contributed by atoms with Gasteiger partial charge in [0.25, 0.3) is 5.91 Å². The van der Waals surface area contributed by atoms with E-state index in [0.29, 0.717) is 11.4 Å². The van der Waals surface area contributed by atoms with Crippen LogP contribution in [0.15, 0.2) is 48.5 Å². The maximum absolute atomic E-state index is 12.5. The highest BCUT2D eigenvalue weighted by molar-refractivity contribution is 6.30. The van der Waals surface area contributed by atoms with Gasteiger partial charge in [-0.25, -0.2) is 0 Å². The average Bonchev–Trinajstić information content (AvgIpc) is 2.72. The second-order valence-electron chi connectivity index (χ2n) is 7.69. The number of para-hydroxylation sites is 2. The highest BCUT2D eigenvalue weighted by atomic mass is 35.5. The number of amides is 2. The van der Waals surface area contributed by atoms with E-state index in [0.717, 1.165) is 37.5 Å². The number of benzene rings is 2. The van der Waals surface area contributed by atoms with Gasteiger partial charge in [-0.05, 0) is 24.3 Å².